The van der Waals surface area contributed by atoms with Gasteiger partial charge in [-0.05, 0) is 81.8 Å². The molecule has 3 heteroatoms. The van der Waals surface area contributed by atoms with Crippen molar-refractivity contribution in [2.45, 2.75) is 77.3 Å². The summed E-state index contributed by atoms with van der Waals surface area (Å²) in [5, 5.41) is 0.844. The molecular formula is C23H37ClN2. The van der Waals surface area contributed by atoms with Crippen LogP contribution in [0.15, 0.2) is 24.3 Å². The maximum Gasteiger partial charge on any atom is 0.0461 e. The molecule has 26 heavy (non-hydrogen) atoms. The maximum atomic E-state index is 6.17. The van der Waals surface area contributed by atoms with Crippen molar-refractivity contribution >= 4 is 11.6 Å². The van der Waals surface area contributed by atoms with E-state index in [0.29, 0.717) is 0 Å². The predicted octanol–water partition coefficient (Wildman–Crippen LogP) is 5.94. The Balaban J connectivity index is 1.72. The zero-order chi connectivity index (χ0) is 18.6. The summed E-state index contributed by atoms with van der Waals surface area (Å²) in [6.07, 6.45) is 9.38. The van der Waals surface area contributed by atoms with Crippen LogP contribution in [0.3, 0.4) is 0 Å². The van der Waals surface area contributed by atoms with Gasteiger partial charge in [0.25, 0.3) is 0 Å². The lowest BCUT2D eigenvalue weighted by molar-refractivity contribution is 0.0267. The van der Waals surface area contributed by atoms with Gasteiger partial charge in [0.15, 0.2) is 0 Å². The van der Waals surface area contributed by atoms with E-state index >= 15 is 0 Å². The lowest BCUT2D eigenvalue weighted by atomic mass is 9.73. The monoisotopic (exact) mass is 376 g/mol. The molecule has 1 aliphatic carbocycles. The minimum absolute atomic E-state index is 0.202. The summed E-state index contributed by atoms with van der Waals surface area (Å²) in [5.41, 5.74) is 1.67. The van der Waals surface area contributed by atoms with E-state index in [0.717, 1.165) is 30.1 Å². The molecule has 1 aliphatic heterocycles. The number of benzene rings is 1. The molecule has 2 nitrogen and oxygen atoms in total. The van der Waals surface area contributed by atoms with Crippen LogP contribution in [0.1, 0.15) is 71.3 Å². The topological polar surface area (TPSA) is 6.48 Å². The molecule has 0 amide bonds. The fraction of sp³-hybridized carbons (Fsp3) is 0.739. The fourth-order valence-corrected chi connectivity index (χ4v) is 5.79. The third-order valence-corrected chi connectivity index (χ3v) is 7.32. The molecule has 2 aliphatic rings. The van der Waals surface area contributed by atoms with Crippen molar-refractivity contribution in [2.24, 2.45) is 5.92 Å². The second kappa shape index (κ2) is 9.08. The van der Waals surface area contributed by atoms with Crippen LogP contribution in [0.2, 0.25) is 5.02 Å². The number of nitrogens with zero attached hydrogens (tertiary/aromatic N) is 2. The molecule has 0 aromatic heterocycles. The number of halogens is 1. The van der Waals surface area contributed by atoms with E-state index < -0.39 is 0 Å². The molecule has 1 saturated heterocycles. The Morgan fingerprint density at radius 2 is 1.69 bits per heavy atom. The number of hydrogen-bond donors (Lipinski definition) is 0. The van der Waals surface area contributed by atoms with E-state index in [4.69, 9.17) is 11.6 Å². The smallest absolute Gasteiger partial charge is 0.0461 e. The second-order valence-electron chi connectivity index (χ2n) is 8.38. The normalized spacial score (nSPS) is 30.2. The van der Waals surface area contributed by atoms with Crippen LogP contribution in [0.4, 0.5) is 0 Å². The first-order chi connectivity index (χ1) is 12.6. The van der Waals surface area contributed by atoms with Gasteiger partial charge in [0, 0.05) is 23.1 Å². The van der Waals surface area contributed by atoms with Crippen LogP contribution in [-0.2, 0) is 5.54 Å². The van der Waals surface area contributed by atoms with Gasteiger partial charge < -0.3 is 4.90 Å². The Morgan fingerprint density at radius 3 is 2.27 bits per heavy atom. The highest BCUT2D eigenvalue weighted by Crippen LogP contribution is 2.44. The van der Waals surface area contributed by atoms with E-state index in [1.54, 1.807) is 0 Å². The molecule has 1 atom stereocenters. The molecule has 1 unspecified atom stereocenters. The van der Waals surface area contributed by atoms with Crippen molar-refractivity contribution in [1.82, 2.24) is 9.80 Å². The summed E-state index contributed by atoms with van der Waals surface area (Å²) in [4.78, 5) is 5.50. The zero-order valence-electron chi connectivity index (χ0n) is 17.0. The Morgan fingerprint density at radius 1 is 1.04 bits per heavy atom. The molecule has 1 aromatic carbocycles. The average Bonchev–Trinajstić information content (AvgIpc) is 3.13. The lowest BCUT2D eigenvalue weighted by Crippen LogP contribution is -2.51. The molecule has 0 spiro atoms. The average molecular weight is 377 g/mol. The van der Waals surface area contributed by atoms with Crippen LogP contribution in [-0.4, -0.2) is 42.0 Å². The van der Waals surface area contributed by atoms with Crippen molar-refractivity contribution < 1.29 is 0 Å². The summed E-state index contributed by atoms with van der Waals surface area (Å²) in [5.74, 6) is 0.950. The zero-order valence-corrected chi connectivity index (χ0v) is 17.8. The Kier molecular flexibility index (Phi) is 7.05. The van der Waals surface area contributed by atoms with E-state index in [1.807, 2.05) is 0 Å². The van der Waals surface area contributed by atoms with E-state index in [-0.39, 0.29) is 5.54 Å². The third-order valence-electron chi connectivity index (χ3n) is 7.06. The minimum Gasteiger partial charge on any atom is -0.300 e. The van der Waals surface area contributed by atoms with Gasteiger partial charge in [-0.25, -0.2) is 0 Å². The standard InChI is InChI=1S/C23H37ClN2/c1-4-7-19-14-17-25(18-19)22-12-15-23(16-13-22,26(5-2)6-3)20-8-10-21(24)11-9-20/h8-11,19,22H,4-7,12-18H2,1-3H3. The van der Waals surface area contributed by atoms with Crippen LogP contribution < -0.4 is 0 Å². The summed E-state index contributed by atoms with van der Waals surface area (Å²) >= 11 is 6.17. The van der Waals surface area contributed by atoms with Gasteiger partial charge in [-0.1, -0.05) is 50.9 Å². The fourth-order valence-electron chi connectivity index (χ4n) is 5.66. The van der Waals surface area contributed by atoms with E-state index in [2.05, 4.69) is 54.8 Å². The number of hydrogen-bond acceptors (Lipinski definition) is 2. The van der Waals surface area contributed by atoms with Gasteiger partial charge in [0.05, 0.1) is 0 Å². The van der Waals surface area contributed by atoms with Crippen molar-refractivity contribution in [3.63, 3.8) is 0 Å². The van der Waals surface area contributed by atoms with Gasteiger partial charge in [-0.3, -0.25) is 4.90 Å². The molecule has 3 rings (SSSR count). The first-order valence-electron chi connectivity index (χ1n) is 10.9. The molecule has 1 saturated carbocycles. The number of rotatable bonds is 7. The molecule has 0 N–H and O–H groups in total. The highest BCUT2D eigenvalue weighted by molar-refractivity contribution is 6.30. The predicted molar refractivity (Wildman–Crippen MR) is 113 cm³/mol. The minimum atomic E-state index is 0.202. The van der Waals surface area contributed by atoms with Gasteiger partial charge in [0.2, 0.25) is 0 Å². The van der Waals surface area contributed by atoms with Gasteiger partial charge >= 0.3 is 0 Å². The Bertz CT molecular complexity index is 544. The highest BCUT2D eigenvalue weighted by atomic mass is 35.5. The number of likely N-dealkylation sites (tertiary alicyclic amines) is 1. The summed E-state index contributed by atoms with van der Waals surface area (Å²) < 4.78 is 0. The van der Waals surface area contributed by atoms with Crippen molar-refractivity contribution in [3.8, 4) is 0 Å². The van der Waals surface area contributed by atoms with Gasteiger partial charge in [-0.2, -0.15) is 0 Å². The van der Waals surface area contributed by atoms with Gasteiger partial charge in [0.1, 0.15) is 0 Å². The largest absolute Gasteiger partial charge is 0.300 e. The molecule has 1 heterocycles. The molecule has 1 aromatic rings. The first-order valence-corrected chi connectivity index (χ1v) is 11.3. The van der Waals surface area contributed by atoms with Crippen LogP contribution in [0, 0.1) is 5.92 Å². The maximum absolute atomic E-state index is 6.17. The molecular weight excluding hydrogens is 340 g/mol. The quantitative estimate of drug-likeness (QED) is 0.580. The molecule has 0 radical (unpaired) electrons. The van der Waals surface area contributed by atoms with Crippen LogP contribution in [0.5, 0.6) is 0 Å². The lowest BCUT2D eigenvalue weighted by Gasteiger charge is -2.49. The van der Waals surface area contributed by atoms with E-state index in [9.17, 15) is 0 Å². The summed E-state index contributed by atoms with van der Waals surface area (Å²) in [6.45, 7) is 11.9. The second-order valence-corrected chi connectivity index (χ2v) is 8.82. The van der Waals surface area contributed by atoms with Crippen molar-refractivity contribution in [1.29, 1.82) is 0 Å². The van der Waals surface area contributed by atoms with Crippen molar-refractivity contribution in [2.75, 3.05) is 26.2 Å². The summed E-state index contributed by atoms with van der Waals surface area (Å²) in [6, 6.07) is 9.49. The van der Waals surface area contributed by atoms with Crippen molar-refractivity contribution in [3.05, 3.63) is 34.9 Å². The van der Waals surface area contributed by atoms with Crippen LogP contribution in [0.25, 0.3) is 0 Å². The van der Waals surface area contributed by atoms with Gasteiger partial charge in [-0.15, -0.1) is 0 Å². The Hall–Kier alpha value is -0.570. The highest BCUT2D eigenvalue weighted by Gasteiger charge is 2.42. The molecule has 0 bridgehead atoms. The van der Waals surface area contributed by atoms with E-state index in [1.165, 1.54) is 63.6 Å². The first kappa shape index (κ1) is 20.2. The molecule has 2 fully saturated rings. The summed E-state index contributed by atoms with van der Waals surface area (Å²) in [7, 11) is 0. The Labute approximate surface area is 165 Å². The SMILES string of the molecule is CCCC1CCN(C2CCC(c3ccc(Cl)cc3)(N(CC)CC)CC2)C1. The third kappa shape index (κ3) is 4.13. The van der Waals surface area contributed by atoms with Crippen LogP contribution >= 0.6 is 11.6 Å². The molecule has 146 valence electrons.